The number of likely N-dealkylation sites (tertiary alicyclic amines) is 1. The van der Waals surface area contributed by atoms with Gasteiger partial charge in [-0.1, -0.05) is 0 Å². The van der Waals surface area contributed by atoms with Crippen molar-refractivity contribution in [2.75, 3.05) is 33.4 Å². The van der Waals surface area contributed by atoms with Crippen LogP contribution in [-0.2, 0) is 14.3 Å². The third kappa shape index (κ3) is 1.91. The Labute approximate surface area is 84.2 Å². The summed E-state index contributed by atoms with van der Waals surface area (Å²) in [5.74, 6) is 0.526. The topological polar surface area (TPSA) is 38.8 Å². The molecule has 14 heavy (non-hydrogen) atoms. The molecule has 2 rings (SSSR count). The van der Waals surface area contributed by atoms with Gasteiger partial charge in [-0.15, -0.1) is 0 Å². The summed E-state index contributed by atoms with van der Waals surface area (Å²) < 4.78 is 10.0. The Bertz CT molecular complexity index is 213. The molecule has 2 unspecified atom stereocenters. The molecule has 2 aliphatic heterocycles. The standard InChI is InChI=1S/C10H17NO3/c1-13-10(12)9-2-4-11(9)6-8-3-5-14-7-8/h8-9H,2-7H2,1H3. The van der Waals surface area contributed by atoms with E-state index >= 15 is 0 Å². The summed E-state index contributed by atoms with van der Waals surface area (Å²) >= 11 is 0. The van der Waals surface area contributed by atoms with Crippen LogP contribution in [0.2, 0.25) is 0 Å². The highest BCUT2D eigenvalue weighted by molar-refractivity contribution is 5.76. The van der Waals surface area contributed by atoms with E-state index in [1.165, 1.54) is 7.11 Å². The number of ether oxygens (including phenoxy) is 2. The van der Waals surface area contributed by atoms with Crippen molar-refractivity contribution in [3.05, 3.63) is 0 Å². The van der Waals surface area contributed by atoms with E-state index in [9.17, 15) is 4.79 Å². The lowest BCUT2D eigenvalue weighted by atomic mass is 9.99. The van der Waals surface area contributed by atoms with Gasteiger partial charge >= 0.3 is 5.97 Å². The van der Waals surface area contributed by atoms with Gasteiger partial charge in [0.2, 0.25) is 0 Å². The number of methoxy groups -OCH3 is 1. The number of esters is 1. The van der Waals surface area contributed by atoms with E-state index in [1.807, 2.05) is 0 Å². The van der Waals surface area contributed by atoms with Gasteiger partial charge in [-0.3, -0.25) is 9.69 Å². The fourth-order valence-electron chi connectivity index (χ4n) is 2.12. The summed E-state index contributed by atoms with van der Waals surface area (Å²) in [5.41, 5.74) is 0. The van der Waals surface area contributed by atoms with E-state index in [0.717, 1.165) is 39.1 Å². The molecule has 0 bridgehead atoms. The molecule has 0 amide bonds. The molecule has 2 aliphatic rings. The maximum Gasteiger partial charge on any atom is 0.323 e. The first-order chi connectivity index (χ1) is 6.81. The van der Waals surface area contributed by atoms with Crippen LogP contribution in [0.15, 0.2) is 0 Å². The first kappa shape index (κ1) is 9.93. The van der Waals surface area contributed by atoms with Gasteiger partial charge in [0.05, 0.1) is 13.7 Å². The monoisotopic (exact) mass is 199 g/mol. The van der Waals surface area contributed by atoms with Crippen LogP contribution in [-0.4, -0.2) is 50.3 Å². The maximum atomic E-state index is 11.3. The largest absolute Gasteiger partial charge is 0.468 e. The summed E-state index contributed by atoms with van der Waals surface area (Å²) in [6, 6.07) is 0.0144. The second-order valence-corrected chi connectivity index (χ2v) is 4.05. The summed E-state index contributed by atoms with van der Waals surface area (Å²) in [5, 5.41) is 0. The number of carbonyl (C=O) groups excluding carboxylic acids is 1. The van der Waals surface area contributed by atoms with Crippen molar-refractivity contribution < 1.29 is 14.3 Å². The molecule has 0 N–H and O–H groups in total. The molecule has 0 radical (unpaired) electrons. The molecule has 0 saturated carbocycles. The smallest absolute Gasteiger partial charge is 0.323 e. The number of hydrogen-bond acceptors (Lipinski definition) is 4. The molecule has 0 aromatic carbocycles. The van der Waals surface area contributed by atoms with Crippen molar-refractivity contribution >= 4 is 5.97 Å². The normalized spacial score (nSPS) is 32.6. The second kappa shape index (κ2) is 4.28. The molecule has 0 aliphatic carbocycles. The van der Waals surface area contributed by atoms with E-state index in [0.29, 0.717) is 5.92 Å². The van der Waals surface area contributed by atoms with Crippen LogP contribution in [0.3, 0.4) is 0 Å². The van der Waals surface area contributed by atoms with E-state index in [4.69, 9.17) is 9.47 Å². The molecule has 0 aromatic heterocycles. The molecule has 2 heterocycles. The minimum atomic E-state index is -0.0878. The minimum Gasteiger partial charge on any atom is -0.468 e. The van der Waals surface area contributed by atoms with Crippen LogP contribution in [0.1, 0.15) is 12.8 Å². The third-order valence-electron chi connectivity index (χ3n) is 3.12. The Balaban J connectivity index is 1.78. The number of rotatable bonds is 3. The van der Waals surface area contributed by atoms with E-state index in [2.05, 4.69) is 4.90 Å². The lowest BCUT2D eigenvalue weighted by molar-refractivity contribution is -0.152. The predicted molar refractivity (Wildman–Crippen MR) is 50.9 cm³/mol. The van der Waals surface area contributed by atoms with Crippen molar-refractivity contribution in [3.63, 3.8) is 0 Å². The van der Waals surface area contributed by atoms with Gasteiger partial charge in [0.15, 0.2) is 0 Å². The molecule has 4 nitrogen and oxygen atoms in total. The van der Waals surface area contributed by atoms with Crippen LogP contribution in [0, 0.1) is 5.92 Å². The maximum absolute atomic E-state index is 11.3. The average molecular weight is 199 g/mol. The Kier molecular flexibility index (Phi) is 3.03. The Morgan fingerprint density at radius 2 is 2.43 bits per heavy atom. The SMILES string of the molecule is COC(=O)C1CCN1CC1CCOC1. The Morgan fingerprint density at radius 3 is 2.93 bits per heavy atom. The summed E-state index contributed by atoms with van der Waals surface area (Å²) in [4.78, 5) is 13.5. The van der Waals surface area contributed by atoms with E-state index in [1.54, 1.807) is 0 Å². The number of carbonyl (C=O) groups is 1. The van der Waals surface area contributed by atoms with Gasteiger partial charge < -0.3 is 9.47 Å². The fourth-order valence-corrected chi connectivity index (χ4v) is 2.12. The highest BCUT2D eigenvalue weighted by atomic mass is 16.5. The second-order valence-electron chi connectivity index (χ2n) is 4.05. The molecule has 4 heteroatoms. The van der Waals surface area contributed by atoms with Crippen molar-refractivity contribution in [1.82, 2.24) is 4.90 Å². The predicted octanol–water partition coefficient (Wildman–Crippen LogP) is 0.270. The van der Waals surface area contributed by atoms with Crippen molar-refractivity contribution in [3.8, 4) is 0 Å². The minimum absolute atomic E-state index is 0.0144. The Morgan fingerprint density at radius 1 is 1.57 bits per heavy atom. The van der Waals surface area contributed by atoms with Crippen LogP contribution < -0.4 is 0 Å². The van der Waals surface area contributed by atoms with E-state index < -0.39 is 0 Å². The molecule has 0 spiro atoms. The molecule has 0 aromatic rings. The molecular weight excluding hydrogens is 182 g/mol. The lowest BCUT2D eigenvalue weighted by Gasteiger charge is -2.39. The zero-order valence-corrected chi connectivity index (χ0v) is 8.57. The number of nitrogens with zero attached hydrogens (tertiary/aromatic N) is 1. The van der Waals surface area contributed by atoms with Gasteiger partial charge in [-0.2, -0.15) is 0 Å². The van der Waals surface area contributed by atoms with Crippen molar-refractivity contribution in [2.24, 2.45) is 5.92 Å². The quantitative estimate of drug-likeness (QED) is 0.612. The first-order valence-electron chi connectivity index (χ1n) is 5.21. The molecule has 2 saturated heterocycles. The summed E-state index contributed by atoms with van der Waals surface area (Å²) in [6.07, 6.45) is 2.07. The molecule has 2 atom stereocenters. The fraction of sp³-hybridized carbons (Fsp3) is 0.900. The van der Waals surface area contributed by atoms with Gasteiger partial charge in [0.1, 0.15) is 6.04 Å². The van der Waals surface area contributed by atoms with Crippen LogP contribution in [0.5, 0.6) is 0 Å². The van der Waals surface area contributed by atoms with Gasteiger partial charge in [0, 0.05) is 19.7 Å². The van der Waals surface area contributed by atoms with Crippen molar-refractivity contribution in [1.29, 1.82) is 0 Å². The average Bonchev–Trinajstić information content (AvgIpc) is 2.64. The van der Waals surface area contributed by atoms with Gasteiger partial charge in [-0.05, 0) is 18.8 Å². The van der Waals surface area contributed by atoms with E-state index in [-0.39, 0.29) is 12.0 Å². The zero-order chi connectivity index (χ0) is 9.97. The van der Waals surface area contributed by atoms with Crippen LogP contribution in [0.25, 0.3) is 0 Å². The van der Waals surface area contributed by atoms with Gasteiger partial charge in [0.25, 0.3) is 0 Å². The van der Waals surface area contributed by atoms with Crippen LogP contribution in [0.4, 0.5) is 0 Å². The zero-order valence-electron chi connectivity index (χ0n) is 8.57. The highest BCUT2D eigenvalue weighted by Crippen LogP contribution is 2.23. The highest BCUT2D eigenvalue weighted by Gasteiger charge is 2.36. The summed E-state index contributed by atoms with van der Waals surface area (Å²) in [6.45, 7) is 3.74. The Hall–Kier alpha value is -0.610. The van der Waals surface area contributed by atoms with Crippen LogP contribution >= 0.6 is 0 Å². The molecule has 80 valence electrons. The van der Waals surface area contributed by atoms with Gasteiger partial charge in [-0.25, -0.2) is 0 Å². The van der Waals surface area contributed by atoms with Crippen molar-refractivity contribution in [2.45, 2.75) is 18.9 Å². The third-order valence-corrected chi connectivity index (χ3v) is 3.12. The first-order valence-corrected chi connectivity index (χ1v) is 5.21. The summed E-state index contributed by atoms with van der Waals surface area (Å²) in [7, 11) is 1.46. The lowest BCUT2D eigenvalue weighted by Crippen LogP contribution is -2.54. The molecular formula is C10H17NO3. The molecule has 2 fully saturated rings. The number of hydrogen-bond donors (Lipinski definition) is 0.